The minimum Gasteiger partial charge on any atom is -0.464 e. The van der Waals surface area contributed by atoms with Crippen LogP contribution in [0.4, 0.5) is 5.69 Å². The van der Waals surface area contributed by atoms with Crippen molar-refractivity contribution in [3.05, 3.63) is 65.4 Å². The maximum Gasteiger partial charge on any atom is 0.254 e. The summed E-state index contributed by atoms with van der Waals surface area (Å²) in [5.41, 5.74) is 2.03. The topological polar surface area (TPSA) is 53.8 Å². The van der Waals surface area contributed by atoms with Crippen LogP contribution in [-0.4, -0.2) is 35.8 Å². The first-order valence-corrected chi connectivity index (χ1v) is 8.75. The van der Waals surface area contributed by atoms with Gasteiger partial charge in [0.25, 0.3) is 5.91 Å². The highest BCUT2D eigenvalue weighted by atomic mass is 35.5. The number of fused-ring (bicyclic) bond motifs is 1. The number of carbonyl (C=O) groups excluding carboxylic acids is 2. The molecule has 1 saturated heterocycles. The van der Waals surface area contributed by atoms with Crippen molar-refractivity contribution in [2.24, 2.45) is 0 Å². The molecular formula is C20H17ClN2O3. The van der Waals surface area contributed by atoms with E-state index in [1.54, 1.807) is 46.4 Å². The SMILES string of the molecule is CC1CN(c2cccc(Cl)c2)C(=O)CN1C(=O)c1ccc2occc2c1. The lowest BCUT2D eigenvalue weighted by molar-refractivity contribution is -0.121. The van der Waals surface area contributed by atoms with Gasteiger partial charge in [0, 0.05) is 34.2 Å². The molecule has 0 radical (unpaired) electrons. The fourth-order valence-corrected chi connectivity index (χ4v) is 3.47. The number of furan rings is 1. The van der Waals surface area contributed by atoms with Crippen LogP contribution in [0.15, 0.2) is 59.2 Å². The van der Waals surface area contributed by atoms with Gasteiger partial charge in [0.05, 0.1) is 6.26 Å². The van der Waals surface area contributed by atoms with Gasteiger partial charge in [-0.05, 0) is 49.4 Å². The summed E-state index contributed by atoms with van der Waals surface area (Å²) in [7, 11) is 0. The van der Waals surface area contributed by atoms with E-state index in [1.165, 1.54) is 0 Å². The molecular weight excluding hydrogens is 352 g/mol. The Kier molecular flexibility index (Phi) is 4.17. The van der Waals surface area contributed by atoms with Gasteiger partial charge >= 0.3 is 0 Å². The average Bonchev–Trinajstić information content (AvgIpc) is 3.10. The molecule has 0 bridgehead atoms. The van der Waals surface area contributed by atoms with E-state index in [-0.39, 0.29) is 24.4 Å². The Morgan fingerprint density at radius 3 is 2.85 bits per heavy atom. The first-order chi connectivity index (χ1) is 12.5. The third kappa shape index (κ3) is 2.95. The summed E-state index contributed by atoms with van der Waals surface area (Å²) in [5.74, 6) is -0.275. The number of carbonyl (C=O) groups is 2. The summed E-state index contributed by atoms with van der Waals surface area (Å²) in [6.45, 7) is 2.41. The fourth-order valence-electron chi connectivity index (χ4n) is 3.28. The fraction of sp³-hybridized carbons (Fsp3) is 0.200. The molecule has 0 N–H and O–H groups in total. The van der Waals surface area contributed by atoms with Crippen molar-refractivity contribution < 1.29 is 14.0 Å². The second kappa shape index (κ2) is 6.50. The van der Waals surface area contributed by atoms with Gasteiger partial charge in [-0.3, -0.25) is 9.59 Å². The number of hydrogen-bond donors (Lipinski definition) is 0. The number of anilines is 1. The van der Waals surface area contributed by atoms with E-state index in [0.29, 0.717) is 17.1 Å². The second-order valence-electron chi connectivity index (χ2n) is 6.44. The monoisotopic (exact) mass is 368 g/mol. The summed E-state index contributed by atoms with van der Waals surface area (Å²) in [4.78, 5) is 28.9. The van der Waals surface area contributed by atoms with Crippen LogP contribution in [0.5, 0.6) is 0 Å². The van der Waals surface area contributed by atoms with Crippen LogP contribution in [0.2, 0.25) is 5.02 Å². The average molecular weight is 369 g/mol. The molecule has 1 atom stereocenters. The van der Waals surface area contributed by atoms with Crippen LogP contribution >= 0.6 is 11.6 Å². The van der Waals surface area contributed by atoms with Gasteiger partial charge in [0.15, 0.2) is 0 Å². The molecule has 0 saturated carbocycles. The number of rotatable bonds is 2. The lowest BCUT2D eigenvalue weighted by atomic mass is 10.1. The van der Waals surface area contributed by atoms with Gasteiger partial charge in [0.1, 0.15) is 12.1 Å². The molecule has 5 nitrogen and oxygen atoms in total. The third-order valence-electron chi connectivity index (χ3n) is 4.67. The van der Waals surface area contributed by atoms with Crippen LogP contribution in [-0.2, 0) is 4.79 Å². The molecule has 3 aromatic rings. The summed E-state index contributed by atoms with van der Waals surface area (Å²) in [6, 6.07) is 14.2. The molecule has 1 fully saturated rings. The Morgan fingerprint density at radius 2 is 2.04 bits per heavy atom. The Morgan fingerprint density at radius 1 is 1.19 bits per heavy atom. The highest BCUT2D eigenvalue weighted by molar-refractivity contribution is 6.31. The second-order valence-corrected chi connectivity index (χ2v) is 6.88. The Balaban J connectivity index is 1.57. The molecule has 1 aliphatic heterocycles. The van der Waals surface area contributed by atoms with Gasteiger partial charge in [-0.15, -0.1) is 0 Å². The minimum atomic E-state index is -0.153. The molecule has 0 aliphatic carbocycles. The molecule has 1 unspecified atom stereocenters. The predicted octanol–water partition coefficient (Wildman–Crippen LogP) is 3.96. The molecule has 2 aromatic carbocycles. The van der Waals surface area contributed by atoms with Crippen LogP contribution in [0.25, 0.3) is 11.0 Å². The summed E-state index contributed by atoms with van der Waals surface area (Å²) in [6.07, 6.45) is 1.59. The zero-order chi connectivity index (χ0) is 18.3. The third-order valence-corrected chi connectivity index (χ3v) is 4.90. The summed E-state index contributed by atoms with van der Waals surface area (Å²) < 4.78 is 5.31. The summed E-state index contributed by atoms with van der Waals surface area (Å²) in [5, 5.41) is 1.45. The van der Waals surface area contributed by atoms with Gasteiger partial charge in [-0.25, -0.2) is 0 Å². The maximum absolute atomic E-state index is 12.9. The molecule has 4 rings (SSSR count). The molecule has 6 heteroatoms. The van der Waals surface area contributed by atoms with Crippen LogP contribution in [0.3, 0.4) is 0 Å². The van der Waals surface area contributed by atoms with E-state index in [9.17, 15) is 9.59 Å². The number of hydrogen-bond acceptors (Lipinski definition) is 3. The van der Waals surface area contributed by atoms with Crippen LogP contribution in [0.1, 0.15) is 17.3 Å². The zero-order valence-electron chi connectivity index (χ0n) is 14.2. The van der Waals surface area contributed by atoms with Crippen molar-refractivity contribution in [1.82, 2.24) is 4.90 Å². The molecule has 2 heterocycles. The van der Waals surface area contributed by atoms with E-state index in [2.05, 4.69) is 0 Å². The first kappa shape index (κ1) is 16.7. The van der Waals surface area contributed by atoms with Crippen LogP contribution < -0.4 is 4.90 Å². The van der Waals surface area contributed by atoms with Crippen molar-refractivity contribution >= 4 is 40.1 Å². The molecule has 1 aromatic heterocycles. The molecule has 2 amide bonds. The number of nitrogens with zero attached hydrogens (tertiary/aromatic N) is 2. The quantitative estimate of drug-likeness (QED) is 0.688. The van der Waals surface area contributed by atoms with E-state index < -0.39 is 0 Å². The first-order valence-electron chi connectivity index (χ1n) is 8.37. The van der Waals surface area contributed by atoms with Crippen molar-refractivity contribution in [3.8, 4) is 0 Å². The van der Waals surface area contributed by atoms with Crippen molar-refractivity contribution in [3.63, 3.8) is 0 Å². The number of piperazine rings is 1. The molecule has 1 aliphatic rings. The smallest absolute Gasteiger partial charge is 0.254 e. The van der Waals surface area contributed by atoms with Gasteiger partial charge in [-0.2, -0.15) is 0 Å². The molecule has 0 spiro atoms. The van der Waals surface area contributed by atoms with Gasteiger partial charge in [-0.1, -0.05) is 17.7 Å². The van der Waals surface area contributed by atoms with E-state index in [1.807, 2.05) is 25.1 Å². The maximum atomic E-state index is 12.9. The highest BCUT2D eigenvalue weighted by Crippen LogP contribution is 2.25. The van der Waals surface area contributed by atoms with Gasteiger partial charge in [0.2, 0.25) is 5.91 Å². The zero-order valence-corrected chi connectivity index (χ0v) is 14.9. The van der Waals surface area contributed by atoms with Crippen LogP contribution in [0, 0.1) is 0 Å². The number of benzene rings is 2. The Bertz CT molecular complexity index is 997. The Hall–Kier alpha value is -2.79. The normalized spacial score (nSPS) is 17.8. The number of halogens is 1. The highest BCUT2D eigenvalue weighted by Gasteiger charge is 2.33. The summed E-state index contributed by atoms with van der Waals surface area (Å²) >= 11 is 6.04. The van der Waals surface area contributed by atoms with E-state index >= 15 is 0 Å². The molecule has 132 valence electrons. The number of amides is 2. The van der Waals surface area contributed by atoms with Crippen molar-refractivity contribution in [2.45, 2.75) is 13.0 Å². The molecule has 26 heavy (non-hydrogen) atoms. The van der Waals surface area contributed by atoms with Gasteiger partial charge < -0.3 is 14.2 Å². The lowest BCUT2D eigenvalue weighted by Gasteiger charge is -2.39. The Labute approximate surface area is 155 Å². The van der Waals surface area contributed by atoms with E-state index in [4.69, 9.17) is 16.0 Å². The largest absolute Gasteiger partial charge is 0.464 e. The predicted molar refractivity (Wildman–Crippen MR) is 101 cm³/mol. The van der Waals surface area contributed by atoms with Crippen molar-refractivity contribution in [2.75, 3.05) is 18.0 Å². The minimum absolute atomic E-state index is 0.0376. The standard InChI is InChI=1S/C20H17ClN2O3/c1-13-11-23(17-4-2-3-16(21)10-17)19(24)12-22(13)20(25)15-5-6-18-14(9-15)7-8-26-18/h2-10,13H,11-12H2,1H3. The van der Waals surface area contributed by atoms with E-state index in [0.717, 1.165) is 16.7 Å². The lowest BCUT2D eigenvalue weighted by Crippen LogP contribution is -2.57. The van der Waals surface area contributed by atoms with Crippen molar-refractivity contribution in [1.29, 1.82) is 0 Å².